The smallest absolute Gasteiger partial charge is 0.187 e. The molecule has 9 rings (SSSR count). The van der Waals surface area contributed by atoms with Gasteiger partial charge in [-0.1, -0.05) is 53.2 Å². The molecule has 29 heteroatoms. The van der Waals surface area contributed by atoms with Crippen LogP contribution in [0.2, 0.25) is 0 Å². The Hall–Kier alpha value is -1.42. The van der Waals surface area contributed by atoms with Gasteiger partial charge in [0, 0.05) is 10.8 Å². The first-order chi connectivity index (χ1) is 41.7. The summed E-state index contributed by atoms with van der Waals surface area (Å²) in [7, 11) is 0. The summed E-state index contributed by atoms with van der Waals surface area (Å²) >= 11 is 0. The number of aliphatic hydroxyl groups is 19. The Morgan fingerprint density at radius 1 is 0.517 bits per heavy atom. The molecule has 8 fully saturated rings. The van der Waals surface area contributed by atoms with E-state index in [1.807, 2.05) is 0 Å². The summed E-state index contributed by atoms with van der Waals surface area (Å²) in [5.74, 6) is -0.00351. The van der Waals surface area contributed by atoms with E-state index in [0.717, 1.165) is 18.4 Å². The molecular weight excluding hydrogens is 1180 g/mol. The Bertz CT molecular complexity index is 2350. The van der Waals surface area contributed by atoms with E-state index < -0.39 is 227 Å². The lowest BCUT2D eigenvalue weighted by Crippen LogP contribution is -2.67. The maximum atomic E-state index is 12.8. The van der Waals surface area contributed by atoms with Gasteiger partial charge >= 0.3 is 0 Å². The third-order valence-electron chi connectivity index (χ3n) is 22.9. The average molecular weight is 1290 g/mol. The molecule has 0 radical (unpaired) electrons. The van der Waals surface area contributed by atoms with E-state index in [0.29, 0.717) is 32.1 Å². The van der Waals surface area contributed by atoms with Crippen LogP contribution in [-0.2, 0) is 47.4 Å². The third kappa shape index (κ3) is 13.0. The van der Waals surface area contributed by atoms with E-state index >= 15 is 0 Å². The molecule has 0 aromatic carbocycles. The Balaban J connectivity index is 0.947. The SMILES string of the molecule is C[C@H](CC[C@@H](O[C@@H]1O[C@H](CO[C@H]2O[C@H](CO)[C@@H](O)[C@H](O)[C@H]2O)[C@@H](O)[C@H](O)[C@H]1O[C@@H]1O[C@H](CO)[C@@H](O)[C@H](O)[C@H]1O[C@H]1O[C@H](CO)[C@@H](O)[C@H](O)[C@H]1O)C(C)(C)O)C1CC[C@@]2(C)C3CC=C4C(CC[C@H](O[C@@H]5O[C@H](CO)[C@@H](O)[C@H](O)[C@H]5O)C4(C)C)[C@]3(C)[C@H](O)C[C@]12C. The minimum absolute atomic E-state index is 0.0323. The molecule has 3 unspecified atom stereocenters. The fourth-order valence-corrected chi connectivity index (χ4v) is 17.1. The van der Waals surface area contributed by atoms with Gasteiger partial charge in [0.1, 0.15) is 122 Å². The van der Waals surface area contributed by atoms with Crippen LogP contribution in [0.4, 0.5) is 0 Å². The minimum Gasteiger partial charge on any atom is -0.394 e. The lowest BCUT2D eigenvalue weighted by molar-refractivity contribution is -0.399. The van der Waals surface area contributed by atoms with E-state index in [1.165, 1.54) is 13.8 Å². The van der Waals surface area contributed by atoms with Gasteiger partial charge in [-0.15, -0.1) is 0 Å². The first-order valence-electron chi connectivity index (χ1n) is 31.6. The van der Waals surface area contributed by atoms with Crippen molar-refractivity contribution in [2.24, 2.45) is 45.3 Å². The Morgan fingerprint density at radius 2 is 0.966 bits per heavy atom. The summed E-state index contributed by atoms with van der Waals surface area (Å²) < 4.78 is 60.1. The van der Waals surface area contributed by atoms with Gasteiger partial charge in [-0.2, -0.15) is 0 Å². The van der Waals surface area contributed by atoms with Crippen molar-refractivity contribution in [3.63, 3.8) is 0 Å². The molecule has 516 valence electrons. The summed E-state index contributed by atoms with van der Waals surface area (Å²) in [5.41, 5.74) is -2.40. The fourth-order valence-electron chi connectivity index (χ4n) is 17.1. The van der Waals surface area contributed by atoms with Gasteiger partial charge in [0.15, 0.2) is 31.5 Å². The molecule has 5 saturated heterocycles. The predicted molar refractivity (Wildman–Crippen MR) is 300 cm³/mol. The maximum Gasteiger partial charge on any atom is 0.187 e. The number of hydrogen-bond acceptors (Lipinski definition) is 29. The van der Waals surface area contributed by atoms with Gasteiger partial charge in [-0.3, -0.25) is 0 Å². The highest BCUT2D eigenvalue weighted by Gasteiger charge is 2.71. The summed E-state index contributed by atoms with van der Waals surface area (Å²) in [5, 5.41) is 207. The molecule has 0 spiro atoms. The van der Waals surface area contributed by atoms with Crippen molar-refractivity contribution < 1.29 is 144 Å². The van der Waals surface area contributed by atoms with Crippen molar-refractivity contribution in [3.05, 3.63) is 11.6 Å². The Morgan fingerprint density at radius 3 is 1.49 bits per heavy atom. The van der Waals surface area contributed by atoms with Crippen LogP contribution in [0.15, 0.2) is 11.6 Å². The zero-order valence-corrected chi connectivity index (χ0v) is 51.8. The second-order valence-electron chi connectivity index (χ2n) is 28.7. The fraction of sp³-hybridized carbons (Fsp3) is 0.967. The van der Waals surface area contributed by atoms with Crippen LogP contribution in [-0.4, -0.2) is 308 Å². The number of fused-ring (bicyclic) bond motifs is 5. The number of ether oxygens (including phenoxy) is 10. The molecule has 4 aliphatic carbocycles. The van der Waals surface area contributed by atoms with E-state index in [-0.39, 0.29) is 35.5 Å². The summed E-state index contributed by atoms with van der Waals surface area (Å²) in [4.78, 5) is 0. The zero-order valence-electron chi connectivity index (χ0n) is 51.8. The number of aliphatic hydroxyl groups excluding tert-OH is 18. The quantitative estimate of drug-likeness (QED) is 0.0506. The highest BCUT2D eigenvalue weighted by molar-refractivity contribution is 5.32. The van der Waals surface area contributed by atoms with Crippen molar-refractivity contribution >= 4 is 0 Å². The lowest BCUT2D eigenvalue weighted by Gasteiger charge is -2.67. The lowest BCUT2D eigenvalue weighted by atomic mass is 9.38. The van der Waals surface area contributed by atoms with Crippen LogP contribution in [0.1, 0.15) is 107 Å². The van der Waals surface area contributed by atoms with E-state index in [4.69, 9.17) is 47.4 Å². The van der Waals surface area contributed by atoms with Gasteiger partial charge in [0.25, 0.3) is 0 Å². The van der Waals surface area contributed by atoms with Crippen LogP contribution in [0.25, 0.3) is 0 Å². The molecule has 9 aliphatic rings. The molecule has 89 heavy (non-hydrogen) atoms. The molecule has 0 aromatic heterocycles. The highest BCUT2D eigenvalue weighted by Crippen LogP contribution is 2.75. The molecule has 35 atom stereocenters. The van der Waals surface area contributed by atoms with Gasteiger partial charge in [0.05, 0.1) is 56.9 Å². The first-order valence-corrected chi connectivity index (χ1v) is 31.6. The largest absolute Gasteiger partial charge is 0.394 e. The van der Waals surface area contributed by atoms with Gasteiger partial charge in [-0.05, 0) is 99.7 Å². The highest BCUT2D eigenvalue weighted by atomic mass is 16.8. The molecule has 5 heterocycles. The predicted octanol–water partition coefficient (Wildman–Crippen LogP) is -5.41. The van der Waals surface area contributed by atoms with Gasteiger partial charge < -0.3 is 144 Å². The molecule has 0 bridgehead atoms. The molecule has 29 nitrogen and oxygen atoms in total. The van der Waals surface area contributed by atoms with E-state index in [9.17, 15) is 97.0 Å². The molecule has 3 saturated carbocycles. The average Bonchev–Trinajstić information content (AvgIpc) is 1.69. The Kier molecular flexibility index (Phi) is 22.3. The van der Waals surface area contributed by atoms with Crippen LogP contribution in [0, 0.1) is 45.3 Å². The maximum absolute atomic E-state index is 12.8. The van der Waals surface area contributed by atoms with Crippen molar-refractivity contribution in [3.8, 4) is 0 Å². The minimum atomic E-state index is -2.08. The molecule has 0 aromatic rings. The van der Waals surface area contributed by atoms with E-state index in [1.54, 1.807) is 0 Å². The van der Waals surface area contributed by atoms with Crippen LogP contribution < -0.4 is 0 Å². The van der Waals surface area contributed by atoms with Gasteiger partial charge in [-0.25, -0.2) is 0 Å². The molecule has 0 amide bonds. The van der Waals surface area contributed by atoms with Crippen LogP contribution in [0.5, 0.6) is 0 Å². The molecular formula is C60H102O29. The normalized spacial score (nSPS) is 51.8. The third-order valence-corrected chi connectivity index (χ3v) is 22.9. The summed E-state index contributed by atoms with van der Waals surface area (Å²) in [6.45, 7) is 12.1. The van der Waals surface area contributed by atoms with Crippen molar-refractivity contribution in [2.75, 3.05) is 33.0 Å². The van der Waals surface area contributed by atoms with Crippen molar-refractivity contribution in [1.29, 1.82) is 0 Å². The standard InChI is InChI=1S/C60H102O29/c1-23(24-15-16-58(6)32-12-10-25-26(60(32,8)33(65)17-59(24,58)7)11-14-34(56(25,2)3)86-52-47(77)42(72)37(67)28(19-62)82-52)9-13-35(57(4,5)79)87-54-49(45(75)40(70)31(85-54)22-80-51-46(76)41(71)36(66)27(18-61)81-51)89-55-50(44(74)39(69)30(21-64)84-55)88-53-48(78)43(73)38(68)29(20-63)83-53/h10,23-24,26-55,61-79H,9,11-22H2,1-8H3/t23-,24?,26?,27-,28-,29-,30-,31-,32?,33-,34+,35-,36-,37-,38-,39-,40-,41+,42+,43+,44+,45+,46-,47-,48-,49-,50-,51+,52+,53-,54+,55+,58+,59-,60+/m1/s1. The molecule has 19 N–H and O–H groups in total. The van der Waals surface area contributed by atoms with Crippen molar-refractivity contribution in [2.45, 2.75) is 284 Å². The second kappa shape index (κ2) is 27.6. The number of rotatable bonds is 20. The van der Waals surface area contributed by atoms with Crippen LogP contribution >= 0.6 is 0 Å². The van der Waals surface area contributed by atoms with Crippen LogP contribution in [0.3, 0.4) is 0 Å². The number of allylic oxidation sites excluding steroid dienone is 1. The molecule has 5 aliphatic heterocycles. The zero-order chi connectivity index (χ0) is 65.5. The monoisotopic (exact) mass is 1290 g/mol. The summed E-state index contributed by atoms with van der Waals surface area (Å²) in [6.07, 6.45) is -39.4. The van der Waals surface area contributed by atoms with Gasteiger partial charge in [0.2, 0.25) is 0 Å². The second-order valence-corrected chi connectivity index (χ2v) is 28.7. The first kappa shape index (κ1) is 71.9. The van der Waals surface area contributed by atoms with Crippen molar-refractivity contribution in [1.82, 2.24) is 0 Å². The topological polar surface area (TPSA) is 477 Å². The van der Waals surface area contributed by atoms with E-state index in [2.05, 4.69) is 47.6 Å². The number of hydrogen-bond donors (Lipinski definition) is 19. The Labute approximate surface area is 517 Å². The summed E-state index contributed by atoms with van der Waals surface area (Å²) in [6, 6.07) is 0.